The highest BCUT2D eigenvalue weighted by Crippen LogP contribution is 2.24. The van der Waals surface area contributed by atoms with Crippen molar-refractivity contribution in [2.24, 2.45) is 5.10 Å². The monoisotopic (exact) mass is 488 g/mol. The van der Waals surface area contributed by atoms with Gasteiger partial charge in [0, 0.05) is 24.1 Å². The smallest absolute Gasteiger partial charge is 0.294 e. The molecule has 0 saturated carbocycles. The summed E-state index contributed by atoms with van der Waals surface area (Å²) in [4.78, 5) is 10.3. The van der Waals surface area contributed by atoms with Crippen molar-refractivity contribution < 1.29 is 31.8 Å². The Labute approximate surface area is 192 Å². The molecular formula is C21H21ClF4N4O3. The molecule has 0 bridgehead atoms. The van der Waals surface area contributed by atoms with E-state index >= 15 is 0 Å². The average Bonchev–Trinajstić information content (AvgIpc) is 3.29. The summed E-state index contributed by atoms with van der Waals surface area (Å²) in [5.41, 5.74) is 6.12. The Balaban J connectivity index is 1.71. The summed E-state index contributed by atoms with van der Waals surface area (Å²) in [6.45, 7) is 0.888. The number of carbonyl (C=O) groups is 1. The molecule has 1 atom stereocenters. The van der Waals surface area contributed by atoms with Crippen LogP contribution in [0.3, 0.4) is 0 Å². The van der Waals surface area contributed by atoms with E-state index in [1.54, 1.807) is 5.01 Å². The summed E-state index contributed by atoms with van der Waals surface area (Å²) in [5, 5.41) is 5.12. The molecule has 1 aliphatic rings. The molecule has 33 heavy (non-hydrogen) atoms. The highest BCUT2D eigenvalue weighted by molar-refractivity contribution is 6.31. The van der Waals surface area contributed by atoms with Crippen LogP contribution in [0.25, 0.3) is 0 Å². The standard InChI is InChI=1S/C21H21ClF4N4O3/c22-16-11-15(4-5-17(16)23)30(27-6-9-32-8-1-7-31)12-14-3-2-13(10-18(14)24)20-28-29-21(33-20)19(25)26/h2-5,7,10-11,19,21,27,29H,1,6,8-9,12H2. The van der Waals surface area contributed by atoms with Crippen molar-refractivity contribution in [3.8, 4) is 0 Å². The van der Waals surface area contributed by atoms with E-state index in [4.69, 9.17) is 21.1 Å². The maximum atomic E-state index is 14.8. The van der Waals surface area contributed by atoms with Crippen LogP contribution in [0.1, 0.15) is 17.5 Å². The predicted molar refractivity (Wildman–Crippen MR) is 114 cm³/mol. The van der Waals surface area contributed by atoms with E-state index in [1.807, 2.05) is 0 Å². The minimum atomic E-state index is -2.79. The van der Waals surface area contributed by atoms with E-state index in [1.165, 1.54) is 30.3 Å². The van der Waals surface area contributed by atoms with Crippen LogP contribution in [-0.4, -0.2) is 44.6 Å². The summed E-state index contributed by atoms with van der Waals surface area (Å²) in [6.07, 6.45) is -3.35. The van der Waals surface area contributed by atoms with E-state index < -0.39 is 24.3 Å². The molecule has 0 fully saturated rings. The first-order valence-electron chi connectivity index (χ1n) is 9.93. The number of alkyl halides is 2. The molecule has 1 heterocycles. The Hall–Kier alpha value is -2.89. The molecule has 0 spiro atoms. The van der Waals surface area contributed by atoms with Gasteiger partial charge in [-0.25, -0.2) is 23.0 Å². The molecule has 3 rings (SSSR count). The van der Waals surface area contributed by atoms with Crippen LogP contribution in [0.4, 0.5) is 23.2 Å². The molecule has 0 aliphatic carbocycles. The van der Waals surface area contributed by atoms with Crippen molar-refractivity contribution in [3.05, 3.63) is 64.2 Å². The quantitative estimate of drug-likeness (QED) is 0.206. The molecule has 1 unspecified atom stereocenters. The number of hydrogen-bond donors (Lipinski definition) is 2. The Kier molecular flexibility index (Phi) is 8.87. The second-order valence-electron chi connectivity index (χ2n) is 6.89. The number of nitrogens with zero attached hydrogens (tertiary/aromatic N) is 2. The van der Waals surface area contributed by atoms with Gasteiger partial charge >= 0.3 is 0 Å². The van der Waals surface area contributed by atoms with Gasteiger partial charge in [-0.05, 0) is 30.3 Å². The number of aldehydes is 1. The SMILES string of the molecule is O=CCCOCCNN(Cc1ccc(C2=NNC(C(F)F)O2)cc1F)c1ccc(F)c(Cl)c1. The van der Waals surface area contributed by atoms with Crippen LogP contribution in [-0.2, 0) is 20.8 Å². The van der Waals surface area contributed by atoms with E-state index in [0.29, 0.717) is 12.2 Å². The Bertz CT molecular complexity index is 996. The average molecular weight is 489 g/mol. The summed E-state index contributed by atoms with van der Waals surface area (Å²) < 4.78 is 64.1. The number of anilines is 1. The highest BCUT2D eigenvalue weighted by Gasteiger charge is 2.29. The van der Waals surface area contributed by atoms with Crippen molar-refractivity contribution in [1.29, 1.82) is 0 Å². The van der Waals surface area contributed by atoms with Crippen molar-refractivity contribution in [1.82, 2.24) is 10.9 Å². The summed E-state index contributed by atoms with van der Waals surface area (Å²) in [5.74, 6) is -1.36. The van der Waals surface area contributed by atoms with Gasteiger partial charge < -0.3 is 19.3 Å². The molecule has 2 N–H and O–H groups in total. The fourth-order valence-electron chi connectivity index (χ4n) is 2.89. The van der Waals surface area contributed by atoms with Gasteiger partial charge in [-0.3, -0.25) is 5.43 Å². The molecule has 12 heteroatoms. The zero-order valence-electron chi connectivity index (χ0n) is 17.2. The molecule has 0 amide bonds. The van der Waals surface area contributed by atoms with Gasteiger partial charge in [0.1, 0.15) is 17.9 Å². The zero-order valence-corrected chi connectivity index (χ0v) is 18.0. The maximum Gasteiger partial charge on any atom is 0.294 e. The second kappa shape index (κ2) is 11.8. The lowest BCUT2D eigenvalue weighted by molar-refractivity contribution is -0.108. The topological polar surface area (TPSA) is 75.2 Å². The third-order valence-electron chi connectivity index (χ3n) is 4.53. The summed E-state index contributed by atoms with van der Waals surface area (Å²) in [6, 6.07) is 8.14. The first-order valence-corrected chi connectivity index (χ1v) is 10.3. The van der Waals surface area contributed by atoms with Crippen LogP contribution in [0.15, 0.2) is 41.5 Å². The van der Waals surface area contributed by atoms with E-state index in [9.17, 15) is 22.4 Å². The third kappa shape index (κ3) is 6.80. The van der Waals surface area contributed by atoms with Crippen molar-refractivity contribution in [2.45, 2.75) is 25.6 Å². The summed E-state index contributed by atoms with van der Waals surface area (Å²) >= 11 is 5.89. The summed E-state index contributed by atoms with van der Waals surface area (Å²) in [7, 11) is 0. The van der Waals surface area contributed by atoms with E-state index in [0.717, 1.165) is 12.4 Å². The molecule has 178 valence electrons. The minimum Gasteiger partial charge on any atom is -0.445 e. The second-order valence-corrected chi connectivity index (χ2v) is 7.29. The molecule has 7 nitrogen and oxygen atoms in total. The van der Waals surface area contributed by atoms with E-state index in [-0.39, 0.29) is 48.2 Å². The largest absolute Gasteiger partial charge is 0.445 e. The molecule has 2 aromatic carbocycles. The lowest BCUT2D eigenvalue weighted by Gasteiger charge is -2.26. The van der Waals surface area contributed by atoms with Gasteiger partial charge in [0.25, 0.3) is 6.43 Å². The number of rotatable bonds is 12. The number of nitrogens with one attached hydrogen (secondary N) is 2. The number of benzene rings is 2. The molecule has 1 aliphatic heterocycles. The van der Waals surface area contributed by atoms with Crippen LogP contribution in [0.2, 0.25) is 5.02 Å². The first kappa shape index (κ1) is 24.7. The van der Waals surface area contributed by atoms with Crippen molar-refractivity contribution >= 4 is 29.5 Å². The number of halogens is 5. The Morgan fingerprint density at radius 3 is 2.70 bits per heavy atom. The van der Waals surface area contributed by atoms with Crippen LogP contribution < -0.4 is 15.9 Å². The normalized spacial score (nSPS) is 15.2. The lowest BCUT2D eigenvalue weighted by Crippen LogP contribution is -2.40. The first-order chi connectivity index (χ1) is 15.9. The van der Waals surface area contributed by atoms with E-state index in [2.05, 4.69) is 16.0 Å². The number of ether oxygens (including phenoxy) is 2. The lowest BCUT2D eigenvalue weighted by atomic mass is 10.1. The number of carbonyl (C=O) groups excluding carboxylic acids is 1. The fraction of sp³-hybridized carbons (Fsp3) is 0.333. The van der Waals surface area contributed by atoms with Gasteiger partial charge in [-0.15, -0.1) is 5.10 Å². The maximum absolute atomic E-state index is 14.8. The molecule has 0 radical (unpaired) electrons. The fourth-order valence-corrected chi connectivity index (χ4v) is 3.07. The van der Waals surface area contributed by atoms with Gasteiger partial charge in [-0.2, -0.15) is 0 Å². The molecule has 0 aromatic heterocycles. The highest BCUT2D eigenvalue weighted by atomic mass is 35.5. The number of hydrogen-bond acceptors (Lipinski definition) is 7. The Morgan fingerprint density at radius 2 is 2.03 bits per heavy atom. The van der Waals surface area contributed by atoms with Gasteiger partial charge in [0.15, 0.2) is 0 Å². The van der Waals surface area contributed by atoms with Gasteiger partial charge in [0.2, 0.25) is 12.1 Å². The van der Waals surface area contributed by atoms with Gasteiger partial charge in [0.05, 0.1) is 30.5 Å². The minimum absolute atomic E-state index is 0.0215. The number of hydrazone groups is 1. The van der Waals surface area contributed by atoms with Gasteiger partial charge in [-0.1, -0.05) is 17.7 Å². The molecule has 0 saturated heterocycles. The van der Waals surface area contributed by atoms with Crippen LogP contribution in [0, 0.1) is 11.6 Å². The zero-order chi connectivity index (χ0) is 23.8. The van der Waals surface area contributed by atoms with Crippen LogP contribution >= 0.6 is 11.6 Å². The van der Waals surface area contributed by atoms with Crippen molar-refractivity contribution in [2.75, 3.05) is 24.8 Å². The molecule has 2 aromatic rings. The predicted octanol–water partition coefficient (Wildman–Crippen LogP) is 3.61. The number of hydrazine groups is 1. The Morgan fingerprint density at radius 1 is 1.21 bits per heavy atom. The third-order valence-corrected chi connectivity index (χ3v) is 4.82. The van der Waals surface area contributed by atoms with Crippen LogP contribution in [0.5, 0.6) is 0 Å². The van der Waals surface area contributed by atoms with Crippen molar-refractivity contribution in [3.63, 3.8) is 0 Å². The molecular weight excluding hydrogens is 468 g/mol.